The van der Waals surface area contributed by atoms with Crippen LogP contribution in [-0.2, 0) is 19.3 Å². The SMILES string of the molecule is C=CCCc1cn(-c2cc(-c3cccc(-c4cccc(-c5cccc(-c6cc(-n7c(C/C=C\C)c(C=C)c8ccccc87)cc(-n7c(CC)c(/C=C\C)c8ccccc87)c6)c5)c4)c3)cc(-n3c4ccccc4c4ccccc43)c2)c2ccccc12.CC. The standard InChI is InChI=1S/C81H66N4.C2H6/c1-6-11-27-61-54-82(76-40-18-13-34-69(61)76)64-48-62(49-65(52-64)85-80-43-21-16-37-73(80)74-38-17-22-44-81(74)85)59-32-24-30-57(46-59)55-28-23-29-56(45-55)58-31-25-33-60(47-58)63-50-66(83-75(10-5)70(26-8-3)72-36-15-20-42-79(72)83)53-67(51-63)84-77(39-12-7-2)68(9-4)71-35-14-19-41-78(71)84;1-2/h6-9,12-26,28-38,40-54H,1,4,10-11,27,39H2,2-3,5H3;1-2H3/b12-7-,26-8-;. The molecule has 0 saturated heterocycles. The van der Waals surface area contributed by atoms with E-state index in [4.69, 9.17) is 0 Å². The minimum atomic E-state index is 0.775. The minimum Gasteiger partial charge on any atom is -0.316 e. The Kier molecular flexibility index (Phi) is 15.6. The van der Waals surface area contributed by atoms with E-state index in [1.165, 1.54) is 77.1 Å². The molecule has 0 bridgehead atoms. The third kappa shape index (κ3) is 10.1. The molecule has 0 aliphatic heterocycles. The molecule has 0 spiro atoms. The predicted octanol–water partition coefficient (Wildman–Crippen LogP) is 22.8. The van der Waals surface area contributed by atoms with Crippen LogP contribution in [0.3, 0.4) is 0 Å². The van der Waals surface area contributed by atoms with Crippen molar-refractivity contribution in [3.05, 3.63) is 302 Å². The third-order valence-electron chi connectivity index (χ3n) is 17.2. The first-order valence-electron chi connectivity index (χ1n) is 30.9. The van der Waals surface area contributed by atoms with Gasteiger partial charge in [0.1, 0.15) is 0 Å². The van der Waals surface area contributed by atoms with Gasteiger partial charge in [-0.05, 0) is 168 Å². The van der Waals surface area contributed by atoms with Gasteiger partial charge in [0, 0.05) is 84.8 Å². The summed E-state index contributed by atoms with van der Waals surface area (Å²) in [4.78, 5) is 0. The van der Waals surface area contributed by atoms with Crippen molar-refractivity contribution in [2.45, 2.75) is 60.3 Å². The molecule has 0 fully saturated rings. The average Bonchev–Trinajstić information content (AvgIpc) is 1.70. The summed E-state index contributed by atoms with van der Waals surface area (Å²) in [6.45, 7) is 18.9. The van der Waals surface area contributed by atoms with Crippen LogP contribution < -0.4 is 0 Å². The Bertz CT molecular complexity index is 4930. The van der Waals surface area contributed by atoms with E-state index in [2.05, 4.69) is 313 Å². The fraction of sp³-hybridized carbons (Fsp3) is 0.108. The number of benzene rings is 10. The number of aryl methyl sites for hydroxylation is 1. The van der Waals surface area contributed by atoms with Crippen LogP contribution in [0, 0.1) is 0 Å². The molecule has 87 heavy (non-hydrogen) atoms. The summed E-state index contributed by atoms with van der Waals surface area (Å²) in [5, 5.41) is 6.21. The topological polar surface area (TPSA) is 19.7 Å². The van der Waals surface area contributed by atoms with Gasteiger partial charge in [-0.25, -0.2) is 0 Å². The van der Waals surface area contributed by atoms with Crippen LogP contribution in [0.5, 0.6) is 0 Å². The molecule has 424 valence electrons. The highest BCUT2D eigenvalue weighted by molar-refractivity contribution is 6.09. The second-order valence-corrected chi connectivity index (χ2v) is 22.2. The van der Waals surface area contributed by atoms with E-state index in [9.17, 15) is 0 Å². The van der Waals surface area contributed by atoms with Crippen LogP contribution in [0.15, 0.2) is 274 Å². The molecule has 14 aromatic rings. The molecule has 4 aromatic heterocycles. The van der Waals surface area contributed by atoms with Crippen LogP contribution in [0.4, 0.5) is 0 Å². The molecule has 0 N–H and O–H groups in total. The zero-order valence-electron chi connectivity index (χ0n) is 50.5. The summed E-state index contributed by atoms with van der Waals surface area (Å²) in [6, 6.07) is 85.5. The highest BCUT2D eigenvalue weighted by atomic mass is 15.0. The highest BCUT2D eigenvalue weighted by Crippen LogP contribution is 2.41. The second kappa shape index (κ2) is 24.3. The van der Waals surface area contributed by atoms with Gasteiger partial charge in [-0.2, -0.15) is 0 Å². The zero-order valence-corrected chi connectivity index (χ0v) is 50.5. The number of para-hydroxylation sites is 5. The summed E-state index contributed by atoms with van der Waals surface area (Å²) >= 11 is 0. The lowest BCUT2D eigenvalue weighted by Crippen LogP contribution is -2.05. The van der Waals surface area contributed by atoms with Gasteiger partial charge in [0.2, 0.25) is 0 Å². The molecule has 0 atom stereocenters. The molecule has 4 heteroatoms. The van der Waals surface area contributed by atoms with Crippen molar-refractivity contribution in [2.24, 2.45) is 0 Å². The largest absolute Gasteiger partial charge is 0.316 e. The first-order chi connectivity index (χ1) is 42.9. The molecule has 0 unspecified atom stereocenters. The van der Waals surface area contributed by atoms with Gasteiger partial charge >= 0.3 is 0 Å². The van der Waals surface area contributed by atoms with Crippen LogP contribution in [0.25, 0.3) is 134 Å². The van der Waals surface area contributed by atoms with Crippen molar-refractivity contribution >= 4 is 66.7 Å². The van der Waals surface area contributed by atoms with Crippen LogP contribution in [0.2, 0.25) is 0 Å². The van der Waals surface area contributed by atoms with Gasteiger partial charge in [-0.15, -0.1) is 6.58 Å². The van der Waals surface area contributed by atoms with E-state index < -0.39 is 0 Å². The van der Waals surface area contributed by atoms with Gasteiger partial charge in [0.05, 0.1) is 27.6 Å². The van der Waals surface area contributed by atoms with Gasteiger partial charge in [-0.1, -0.05) is 209 Å². The Morgan fingerprint density at radius 2 is 0.793 bits per heavy atom. The number of hydrogen-bond acceptors (Lipinski definition) is 0. The lowest BCUT2D eigenvalue weighted by molar-refractivity contribution is 0.948. The summed E-state index contributed by atoms with van der Waals surface area (Å²) < 4.78 is 9.80. The van der Waals surface area contributed by atoms with E-state index in [1.807, 2.05) is 26.0 Å². The summed E-state index contributed by atoms with van der Waals surface area (Å²) in [7, 11) is 0. The normalized spacial score (nSPS) is 11.7. The Hall–Kier alpha value is -10.4. The Morgan fingerprint density at radius 3 is 1.28 bits per heavy atom. The van der Waals surface area contributed by atoms with E-state index in [0.717, 1.165) is 98.5 Å². The number of nitrogens with zero attached hydrogens (tertiary/aromatic N) is 4. The molecule has 0 aliphatic rings. The molecule has 4 heterocycles. The molecule has 0 aliphatic carbocycles. The molecule has 0 amide bonds. The van der Waals surface area contributed by atoms with Crippen molar-refractivity contribution in [2.75, 3.05) is 0 Å². The molecule has 10 aromatic carbocycles. The van der Waals surface area contributed by atoms with Gasteiger partial charge in [0.15, 0.2) is 0 Å². The van der Waals surface area contributed by atoms with Crippen molar-refractivity contribution in [3.8, 4) is 67.3 Å². The van der Waals surface area contributed by atoms with Crippen molar-refractivity contribution < 1.29 is 0 Å². The molecule has 4 nitrogen and oxygen atoms in total. The average molecular weight is 1130 g/mol. The first-order valence-corrected chi connectivity index (χ1v) is 30.9. The van der Waals surface area contributed by atoms with E-state index >= 15 is 0 Å². The lowest BCUT2D eigenvalue weighted by atomic mass is 9.94. The molecule has 0 saturated carbocycles. The molecule has 0 radical (unpaired) electrons. The van der Waals surface area contributed by atoms with Crippen molar-refractivity contribution in [1.29, 1.82) is 0 Å². The second-order valence-electron chi connectivity index (χ2n) is 22.2. The minimum absolute atomic E-state index is 0.775. The molecular formula is C83H72N4. The number of hydrogen-bond donors (Lipinski definition) is 0. The van der Waals surface area contributed by atoms with Crippen LogP contribution in [-0.4, -0.2) is 18.3 Å². The highest BCUT2D eigenvalue weighted by Gasteiger charge is 2.22. The Labute approximate surface area is 511 Å². The van der Waals surface area contributed by atoms with Gasteiger partial charge in [-0.3, -0.25) is 0 Å². The van der Waals surface area contributed by atoms with E-state index in [1.54, 1.807) is 0 Å². The van der Waals surface area contributed by atoms with Crippen LogP contribution >= 0.6 is 0 Å². The first kappa shape index (κ1) is 55.8. The zero-order chi connectivity index (χ0) is 59.5. The maximum atomic E-state index is 4.35. The van der Waals surface area contributed by atoms with E-state index in [-0.39, 0.29) is 0 Å². The Morgan fingerprint density at radius 1 is 0.379 bits per heavy atom. The monoisotopic (exact) mass is 1120 g/mol. The number of aromatic nitrogens is 4. The van der Waals surface area contributed by atoms with Crippen LogP contribution in [0.1, 0.15) is 69.1 Å². The molecule has 14 rings (SSSR count). The number of fused-ring (bicyclic) bond motifs is 6. The van der Waals surface area contributed by atoms with Gasteiger partial charge < -0.3 is 18.3 Å². The Balaban J connectivity index is 0.00000347. The van der Waals surface area contributed by atoms with Crippen molar-refractivity contribution in [1.82, 2.24) is 18.3 Å². The maximum absolute atomic E-state index is 4.35. The molecular weight excluding hydrogens is 1050 g/mol. The fourth-order valence-electron chi connectivity index (χ4n) is 13.4. The number of allylic oxidation sites excluding steroid dienone is 4. The van der Waals surface area contributed by atoms with E-state index in [0.29, 0.717) is 0 Å². The summed E-state index contributed by atoms with van der Waals surface area (Å²) in [5.74, 6) is 0. The summed E-state index contributed by atoms with van der Waals surface area (Å²) in [5.41, 5.74) is 25.9. The number of rotatable bonds is 16. The quantitative estimate of drug-likeness (QED) is 0.0860. The van der Waals surface area contributed by atoms with Gasteiger partial charge in [0.25, 0.3) is 0 Å². The third-order valence-corrected chi connectivity index (χ3v) is 17.2. The maximum Gasteiger partial charge on any atom is 0.0541 e. The smallest absolute Gasteiger partial charge is 0.0541 e. The summed E-state index contributed by atoms with van der Waals surface area (Å²) in [6.07, 6.45) is 18.7. The fourth-order valence-corrected chi connectivity index (χ4v) is 13.4. The predicted molar refractivity (Wildman–Crippen MR) is 376 cm³/mol. The van der Waals surface area contributed by atoms with Crippen molar-refractivity contribution in [3.63, 3.8) is 0 Å². The lowest BCUT2D eigenvalue weighted by Gasteiger charge is -2.18.